The zero-order chi connectivity index (χ0) is 19.4. The lowest BCUT2D eigenvalue weighted by molar-refractivity contribution is -0.384. The van der Waals surface area contributed by atoms with Crippen LogP contribution in [0.4, 0.5) is 11.4 Å². The molecule has 27 heavy (non-hydrogen) atoms. The van der Waals surface area contributed by atoms with Crippen molar-refractivity contribution in [3.63, 3.8) is 0 Å². The normalized spacial score (nSPS) is 11.1. The first-order valence-electron chi connectivity index (χ1n) is 8.12. The van der Waals surface area contributed by atoms with Crippen molar-refractivity contribution in [2.75, 3.05) is 5.32 Å². The van der Waals surface area contributed by atoms with Gasteiger partial charge in [-0.05, 0) is 37.1 Å². The van der Waals surface area contributed by atoms with E-state index < -0.39 is 4.92 Å². The number of hydrogen-bond acceptors (Lipinski definition) is 6. The van der Waals surface area contributed by atoms with Gasteiger partial charge < -0.3 is 5.32 Å². The largest absolute Gasteiger partial charge is 0.360 e. The van der Waals surface area contributed by atoms with E-state index in [4.69, 9.17) is 0 Å². The van der Waals surface area contributed by atoms with Gasteiger partial charge in [0.15, 0.2) is 0 Å². The van der Waals surface area contributed by atoms with Gasteiger partial charge in [-0.3, -0.25) is 10.1 Å². The Hall–Kier alpha value is -3.50. The molecule has 0 aliphatic heterocycles. The second-order valence-corrected chi connectivity index (χ2v) is 6.89. The SMILES string of the molecule is Cc1cc(C)cc(N/C=C(\C#N)c2nc(-c3cccc([N+](=O)[O-])c3)cs2)c1. The van der Waals surface area contributed by atoms with E-state index in [1.807, 2.05) is 26.0 Å². The van der Waals surface area contributed by atoms with Crippen molar-refractivity contribution in [2.24, 2.45) is 0 Å². The number of nitriles is 1. The third-order valence-electron chi connectivity index (χ3n) is 3.81. The third kappa shape index (κ3) is 4.37. The summed E-state index contributed by atoms with van der Waals surface area (Å²) in [4.78, 5) is 15.0. The topological polar surface area (TPSA) is 91.8 Å². The minimum absolute atomic E-state index is 0.00887. The van der Waals surface area contributed by atoms with Crippen LogP contribution < -0.4 is 5.32 Å². The van der Waals surface area contributed by atoms with Crippen molar-refractivity contribution in [2.45, 2.75) is 13.8 Å². The predicted octanol–water partition coefficient (Wildman–Crippen LogP) is 5.31. The Balaban J connectivity index is 1.86. The summed E-state index contributed by atoms with van der Waals surface area (Å²) >= 11 is 1.32. The van der Waals surface area contributed by atoms with Crippen LogP contribution in [0.5, 0.6) is 0 Å². The van der Waals surface area contributed by atoms with Gasteiger partial charge in [-0.15, -0.1) is 11.3 Å². The van der Waals surface area contributed by atoms with Crippen LogP contribution in [-0.2, 0) is 0 Å². The number of non-ortho nitro benzene ring substituents is 1. The molecule has 6 nitrogen and oxygen atoms in total. The molecule has 0 amide bonds. The Morgan fingerprint density at radius 2 is 2.00 bits per heavy atom. The van der Waals surface area contributed by atoms with Gasteiger partial charge in [-0.2, -0.15) is 5.26 Å². The lowest BCUT2D eigenvalue weighted by Crippen LogP contribution is -1.92. The van der Waals surface area contributed by atoms with E-state index >= 15 is 0 Å². The van der Waals surface area contributed by atoms with E-state index in [9.17, 15) is 15.4 Å². The minimum atomic E-state index is -0.439. The number of rotatable bonds is 5. The number of nitro benzene ring substituents is 1. The Bertz CT molecular complexity index is 1060. The molecule has 0 aliphatic rings. The molecule has 134 valence electrons. The number of nitrogens with zero attached hydrogens (tertiary/aromatic N) is 3. The summed E-state index contributed by atoms with van der Waals surface area (Å²) in [5, 5.41) is 25.9. The first-order chi connectivity index (χ1) is 13.0. The summed E-state index contributed by atoms with van der Waals surface area (Å²) in [6.45, 7) is 4.03. The summed E-state index contributed by atoms with van der Waals surface area (Å²) in [6, 6.07) is 14.5. The van der Waals surface area contributed by atoms with E-state index in [-0.39, 0.29) is 5.69 Å². The van der Waals surface area contributed by atoms with Crippen molar-refractivity contribution >= 4 is 28.3 Å². The highest BCUT2D eigenvalue weighted by Gasteiger charge is 2.12. The number of benzene rings is 2. The van der Waals surface area contributed by atoms with Crippen LogP contribution in [0.3, 0.4) is 0 Å². The van der Waals surface area contributed by atoms with Crippen molar-refractivity contribution in [3.8, 4) is 17.3 Å². The number of aryl methyl sites for hydroxylation is 2. The average molecular weight is 376 g/mol. The molecule has 0 unspecified atom stereocenters. The fourth-order valence-corrected chi connectivity index (χ4v) is 3.46. The van der Waals surface area contributed by atoms with Crippen LogP contribution in [-0.4, -0.2) is 9.91 Å². The molecule has 1 heterocycles. The number of hydrogen-bond donors (Lipinski definition) is 1. The molecular formula is C20H16N4O2S. The van der Waals surface area contributed by atoms with Crippen LogP contribution in [0.2, 0.25) is 0 Å². The molecule has 7 heteroatoms. The molecule has 0 bridgehead atoms. The highest BCUT2D eigenvalue weighted by molar-refractivity contribution is 7.11. The second-order valence-electron chi connectivity index (χ2n) is 6.04. The van der Waals surface area contributed by atoms with Gasteiger partial charge in [-0.25, -0.2) is 4.98 Å². The van der Waals surface area contributed by atoms with E-state index in [1.54, 1.807) is 23.7 Å². The van der Waals surface area contributed by atoms with Crippen LogP contribution in [0.25, 0.3) is 16.8 Å². The molecule has 0 fully saturated rings. The van der Waals surface area contributed by atoms with E-state index in [1.165, 1.54) is 23.5 Å². The number of thiazole rings is 1. The lowest BCUT2D eigenvalue weighted by atomic mass is 10.1. The van der Waals surface area contributed by atoms with Gasteiger partial charge in [0.2, 0.25) is 0 Å². The maximum absolute atomic E-state index is 10.9. The molecular weight excluding hydrogens is 360 g/mol. The Kier molecular flexibility index (Phi) is 5.29. The molecule has 0 saturated heterocycles. The van der Waals surface area contributed by atoms with Crippen molar-refractivity contribution in [1.82, 2.24) is 4.98 Å². The molecule has 2 aromatic carbocycles. The molecule has 1 N–H and O–H groups in total. The van der Waals surface area contributed by atoms with E-state index in [0.29, 0.717) is 21.8 Å². The van der Waals surface area contributed by atoms with Crippen molar-refractivity contribution in [3.05, 3.63) is 80.3 Å². The summed E-state index contributed by atoms with van der Waals surface area (Å²) < 4.78 is 0. The quantitative estimate of drug-likeness (QED) is 0.370. The van der Waals surface area contributed by atoms with Crippen LogP contribution in [0.15, 0.2) is 54.0 Å². The number of allylic oxidation sites excluding steroid dienone is 1. The number of nitro groups is 1. The molecule has 3 rings (SSSR count). The lowest BCUT2D eigenvalue weighted by Gasteiger charge is -2.05. The molecule has 0 atom stereocenters. The fraction of sp³-hybridized carbons (Fsp3) is 0.100. The predicted molar refractivity (Wildman–Crippen MR) is 107 cm³/mol. The van der Waals surface area contributed by atoms with Gasteiger partial charge in [0.25, 0.3) is 5.69 Å². The van der Waals surface area contributed by atoms with Crippen molar-refractivity contribution in [1.29, 1.82) is 5.26 Å². The Morgan fingerprint density at radius 1 is 1.26 bits per heavy atom. The number of aromatic nitrogens is 1. The summed E-state index contributed by atoms with van der Waals surface area (Å²) in [5.74, 6) is 0. The monoisotopic (exact) mass is 376 g/mol. The second kappa shape index (κ2) is 7.81. The first kappa shape index (κ1) is 18.3. The van der Waals surface area contributed by atoms with Gasteiger partial charge in [-0.1, -0.05) is 18.2 Å². The summed E-state index contributed by atoms with van der Waals surface area (Å²) in [6.07, 6.45) is 1.63. The maximum atomic E-state index is 10.9. The maximum Gasteiger partial charge on any atom is 0.270 e. The highest BCUT2D eigenvalue weighted by atomic mass is 32.1. The fourth-order valence-electron chi connectivity index (χ4n) is 2.66. The molecule has 0 radical (unpaired) electrons. The molecule has 1 aromatic heterocycles. The minimum Gasteiger partial charge on any atom is -0.360 e. The molecule has 0 spiro atoms. The summed E-state index contributed by atoms with van der Waals surface area (Å²) in [7, 11) is 0. The average Bonchev–Trinajstić information content (AvgIpc) is 3.11. The Morgan fingerprint density at radius 3 is 2.67 bits per heavy atom. The van der Waals surface area contributed by atoms with Crippen LogP contribution in [0, 0.1) is 35.3 Å². The standard InChI is InChI=1S/C20H16N4O2S/c1-13-6-14(2)8-17(7-13)22-11-16(10-21)20-23-19(12-27-20)15-4-3-5-18(9-15)24(25)26/h3-9,11-12,22H,1-2H3/b16-11+. The molecule has 0 saturated carbocycles. The van der Waals surface area contributed by atoms with E-state index in [2.05, 4.69) is 22.4 Å². The van der Waals surface area contributed by atoms with Gasteiger partial charge >= 0.3 is 0 Å². The van der Waals surface area contributed by atoms with Crippen LogP contribution in [0.1, 0.15) is 16.1 Å². The zero-order valence-electron chi connectivity index (χ0n) is 14.8. The number of nitrogens with one attached hydrogen (secondary N) is 1. The smallest absolute Gasteiger partial charge is 0.270 e. The molecule has 3 aromatic rings. The first-order valence-corrected chi connectivity index (χ1v) is 9.00. The summed E-state index contributed by atoms with van der Waals surface area (Å²) in [5.41, 5.74) is 4.82. The van der Waals surface area contributed by atoms with Gasteiger partial charge in [0, 0.05) is 35.0 Å². The highest BCUT2D eigenvalue weighted by Crippen LogP contribution is 2.28. The van der Waals surface area contributed by atoms with Gasteiger partial charge in [0.05, 0.1) is 10.6 Å². The van der Waals surface area contributed by atoms with Crippen molar-refractivity contribution < 1.29 is 4.92 Å². The van der Waals surface area contributed by atoms with Gasteiger partial charge in [0.1, 0.15) is 16.6 Å². The third-order valence-corrected chi connectivity index (χ3v) is 4.69. The molecule has 0 aliphatic carbocycles. The zero-order valence-corrected chi connectivity index (χ0v) is 15.6. The van der Waals surface area contributed by atoms with E-state index in [0.717, 1.165) is 16.8 Å². The number of anilines is 1. The van der Waals surface area contributed by atoms with Crippen LogP contribution >= 0.6 is 11.3 Å². The Labute approximate surface area is 160 Å².